The maximum Gasteiger partial charge on any atom is 0.356 e. The van der Waals surface area contributed by atoms with Crippen LogP contribution in [0.15, 0.2) is 42.5 Å². The summed E-state index contributed by atoms with van der Waals surface area (Å²) < 4.78 is 7.06. The van der Waals surface area contributed by atoms with Crippen molar-refractivity contribution in [1.82, 2.24) is 9.78 Å². The fourth-order valence-corrected chi connectivity index (χ4v) is 1.77. The minimum atomic E-state index is -1.03. The van der Waals surface area contributed by atoms with E-state index in [4.69, 9.17) is 9.84 Å². The van der Waals surface area contributed by atoms with E-state index in [0.717, 1.165) is 22.6 Å². The predicted molar refractivity (Wildman–Crippen MR) is 75.9 cm³/mol. The second-order valence-electron chi connectivity index (χ2n) is 4.61. The number of carbonyl (C=O) groups is 1. The van der Waals surface area contributed by atoms with Crippen LogP contribution in [0.1, 0.15) is 17.4 Å². The standard InChI is InChI=1S/C15H16N2O3/c1-10(2)9-20-12-6-4-11(5-7-12)14-8-13(15(18)19)16-17(14)3/h4-8H,1,9H2,2-3H3,(H,18,19). The summed E-state index contributed by atoms with van der Waals surface area (Å²) in [5, 5.41) is 12.9. The second kappa shape index (κ2) is 5.61. The molecule has 0 aliphatic rings. The van der Waals surface area contributed by atoms with Crippen molar-refractivity contribution in [2.45, 2.75) is 6.92 Å². The van der Waals surface area contributed by atoms with Crippen LogP contribution in [0.2, 0.25) is 0 Å². The number of rotatable bonds is 5. The number of aromatic carboxylic acids is 1. The Hall–Kier alpha value is -2.56. The van der Waals surface area contributed by atoms with Crippen LogP contribution in [-0.2, 0) is 7.05 Å². The third-order valence-electron chi connectivity index (χ3n) is 2.73. The van der Waals surface area contributed by atoms with Crippen molar-refractivity contribution < 1.29 is 14.6 Å². The first-order valence-corrected chi connectivity index (χ1v) is 6.12. The van der Waals surface area contributed by atoms with Crippen LogP contribution in [0, 0.1) is 0 Å². The fourth-order valence-electron chi connectivity index (χ4n) is 1.77. The molecule has 104 valence electrons. The maximum atomic E-state index is 10.9. The van der Waals surface area contributed by atoms with Gasteiger partial charge in [0.2, 0.25) is 0 Å². The van der Waals surface area contributed by atoms with Gasteiger partial charge in [-0.25, -0.2) is 4.79 Å². The predicted octanol–water partition coefficient (Wildman–Crippen LogP) is 2.74. The average molecular weight is 272 g/mol. The minimum absolute atomic E-state index is 0.0325. The molecule has 2 aromatic rings. The van der Waals surface area contributed by atoms with Crippen molar-refractivity contribution >= 4 is 5.97 Å². The quantitative estimate of drug-likeness (QED) is 0.850. The molecular weight excluding hydrogens is 256 g/mol. The van der Waals surface area contributed by atoms with Crippen molar-refractivity contribution in [3.8, 4) is 17.0 Å². The molecule has 0 atom stereocenters. The topological polar surface area (TPSA) is 64.3 Å². The Labute approximate surface area is 117 Å². The van der Waals surface area contributed by atoms with Gasteiger partial charge in [-0.3, -0.25) is 4.68 Å². The van der Waals surface area contributed by atoms with E-state index in [1.54, 1.807) is 17.8 Å². The van der Waals surface area contributed by atoms with Gasteiger partial charge >= 0.3 is 5.97 Å². The first kappa shape index (κ1) is 13.9. The Morgan fingerprint density at radius 3 is 2.55 bits per heavy atom. The molecule has 0 unspecified atom stereocenters. The molecule has 20 heavy (non-hydrogen) atoms. The lowest BCUT2D eigenvalue weighted by atomic mass is 10.1. The van der Waals surface area contributed by atoms with E-state index in [2.05, 4.69) is 11.7 Å². The van der Waals surface area contributed by atoms with Gasteiger partial charge in [0.05, 0.1) is 5.69 Å². The molecular formula is C15H16N2O3. The van der Waals surface area contributed by atoms with Crippen molar-refractivity contribution in [3.63, 3.8) is 0 Å². The van der Waals surface area contributed by atoms with Gasteiger partial charge in [-0.05, 0) is 42.8 Å². The maximum absolute atomic E-state index is 10.9. The minimum Gasteiger partial charge on any atom is -0.489 e. The van der Waals surface area contributed by atoms with Crippen molar-refractivity contribution in [3.05, 3.63) is 48.2 Å². The molecule has 0 saturated heterocycles. The van der Waals surface area contributed by atoms with Crippen LogP contribution in [0.3, 0.4) is 0 Å². The number of nitrogens with zero attached hydrogens (tertiary/aromatic N) is 2. The molecule has 0 radical (unpaired) electrons. The molecule has 0 bridgehead atoms. The lowest BCUT2D eigenvalue weighted by Crippen LogP contribution is -1.99. The van der Waals surface area contributed by atoms with Gasteiger partial charge in [-0.1, -0.05) is 6.58 Å². The second-order valence-corrected chi connectivity index (χ2v) is 4.61. The SMILES string of the molecule is C=C(C)COc1ccc(-c2cc(C(=O)O)nn2C)cc1. The smallest absolute Gasteiger partial charge is 0.356 e. The fraction of sp³-hybridized carbons (Fsp3) is 0.200. The first-order chi connectivity index (χ1) is 9.47. The van der Waals surface area contributed by atoms with Gasteiger partial charge in [0.15, 0.2) is 5.69 Å². The highest BCUT2D eigenvalue weighted by Gasteiger charge is 2.12. The molecule has 0 aliphatic heterocycles. The molecule has 1 aromatic heterocycles. The molecule has 1 heterocycles. The molecule has 1 N–H and O–H groups in total. The Morgan fingerprint density at radius 1 is 1.40 bits per heavy atom. The summed E-state index contributed by atoms with van der Waals surface area (Å²) >= 11 is 0. The zero-order valence-electron chi connectivity index (χ0n) is 11.5. The van der Waals surface area contributed by atoms with Gasteiger partial charge in [-0.15, -0.1) is 0 Å². The molecule has 0 saturated carbocycles. The Bertz CT molecular complexity index is 642. The molecule has 0 spiro atoms. The van der Waals surface area contributed by atoms with E-state index in [1.807, 2.05) is 31.2 Å². The summed E-state index contributed by atoms with van der Waals surface area (Å²) in [5.74, 6) is -0.286. The summed E-state index contributed by atoms with van der Waals surface area (Å²) in [7, 11) is 1.72. The van der Waals surface area contributed by atoms with Gasteiger partial charge in [-0.2, -0.15) is 5.10 Å². The highest BCUT2D eigenvalue weighted by Crippen LogP contribution is 2.23. The van der Waals surface area contributed by atoms with E-state index in [-0.39, 0.29) is 5.69 Å². The number of aromatic nitrogens is 2. The zero-order valence-corrected chi connectivity index (χ0v) is 11.5. The van der Waals surface area contributed by atoms with Gasteiger partial charge in [0.25, 0.3) is 0 Å². The number of aryl methyl sites for hydroxylation is 1. The van der Waals surface area contributed by atoms with E-state index < -0.39 is 5.97 Å². The Kier molecular flexibility index (Phi) is 3.89. The van der Waals surface area contributed by atoms with Crippen LogP contribution in [0.4, 0.5) is 0 Å². The summed E-state index contributed by atoms with van der Waals surface area (Å²) in [6.45, 7) is 6.15. The number of carboxylic acid groups (broad SMARTS) is 1. The summed E-state index contributed by atoms with van der Waals surface area (Å²) in [5.41, 5.74) is 2.61. The van der Waals surface area contributed by atoms with Gasteiger partial charge in [0.1, 0.15) is 12.4 Å². The summed E-state index contributed by atoms with van der Waals surface area (Å²) in [4.78, 5) is 10.9. The van der Waals surface area contributed by atoms with Crippen LogP contribution >= 0.6 is 0 Å². The molecule has 5 nitrogen and oxygen atoms in total. The van der Waals surface area contributed by atoms with E-state index in [1.165, 1.54) is 0 Å². The monoisotopic (exact) mass is 272 g/mol. The highest BCUT2D eigenvalue weighted by atomic mass is 16.5. The van der Waals surface area contributed by atoms with Crippen molar-refractivity contribution in [2.75, 3.05) is 6.61 Å². The van der Waals surface area contributed by atoms with Crippen LogP contribution < -0.4 is 4.74 Å². The van der Waals surface area contributed by atoms with E-state index >= 15 is 0 Å². The average Bonchev–Trinajstić information content (AvgIpc) is 2.79. The molecule has 5 heteroatoms. The van der Waals surface area contributed by atoms with E-state index in [0.29, 0.717) is 6.61 Å². The van der Waals surface area contributed by atoms with Crippen LogP contribution in [0.5, 0.6) is 5.75 Å². The number of hydrogen-bond donors (Lipinski definition) is 1. The molecule has 0 fully saturated rings. The van der Waals surface area contributed by atoms with Crippen molar-refractivity contribution in [2.24, 2.45) is 7.05 Å². The molecule has 0 aliphatic carbocycles. The first-order valence-electron chi connectivity index (χ1n) is 6.12. The third-order valence-corrected chi connectivity index (χ3v) is 2.73. The molecule has 0 amide bonds. The third kappa shape index (κ3) is 3.06. The number of carboxylic acids is 1. The zero-order chi connectivity index (χ0) is 14.7. The number of hydrogen-bond acceptors (Lipinski definition) is 3. The molecule has 2 rings (SSSR count). The van der Waals surface area contributed by atoms with Crippen LogP contribution in [0.25, 0.3) is 11.3 Å². The Morgan fingerprint density at radius 2 is 2.05 bits per heavy atom. The highest BCUT2D eigenvalue weighted by molar-refractivity contribution is 5.87. The lowest BCUT2D eigenvalue weighted by Gasteiger charge is -2.07. The largest absolute Gasteiger partial charge is 0.489 e. The summed E-state index contributed by atoms with van der Waals surface area (Å²) in [6.07, 6.45) is 0. The van der Waals surface area contributed by atoms with Gasteiger partial charge in [0, 0.05) is 12.6 Å². The summed E-state index contributed by atoms with van der Waals surface area (Å²) in [6, 6.07) is 8.97. The number of benzene rings is 1. The Balaban J connectivity index is 2.21. The normalized spacial score (nSPS) is 10.3. The molecule has 1 aromatic carbocycles. The van der Waals surface area contributed by atoms with Crippen LogP contribution in [-0.4, -0.2) is 27.5 Å². The van der Waals surface area contributed by atoms with E-state index in [9.17, 15) is 4.79 Å². The van der Waals surface area contributed by atoms with Crippen molar-refractivity contribution in [1.29, 1.82) is 0 Å². The van der Waals surface area contributed by atoms with Gasteiger partial charge < -0.3 is 9.84 Å². The lowest BCUT2D eigenvalue weighted by molar-refractivity contribution is 0.0689. The number of ether oxygens (including phenoxy) is 1.